The standard InChI is InChI=1S/C13H18N4OS/c1-3-4-7-5-8(7)17-13-10(12(18)16-2)11(15)9(6-14)19-13/h7-8,17H,3-5,15H2,1-2H3,(H,16,18). The van der Waals surface area contributed by atoms with E-state index in [0.29, 0.717) is 22.4 Å². The Balaban J connectivity index is 2.20. The predicted molar refractivity (Wildman–Crippen MR) is 77.3 cm³/mol. The average Bonchev–Trinajstić information content (AvgIpc) is 3.04. The van der Waals surface area contributed by atoms with Crippen molar-refractivity contribution in [1.82, 2.24) is 5.32 Å². The lowest BCUT2D eigenvalue weighted by Gasteiger charge is -2.06. The molecule has 0 spiro atoms. The quantitative estimate of drug-likeness (QED) is 0.769. The SMILES string of the molecule is CCCC1CC1Nc1sc(C#N)c(N)c1C(=O)NC. The van der Waals surface area contributed by atoms with Gasteiger partial charge in [-0.2, -0.15) is 5.26 Å². The van der Waals surface area contributed by atoms with Gasteiger partial charge in [-0.25, -0.2) is 0 Å². The van der Waals surface area contributed by atoms with E-state index in [9.17, 15) is 4.79 Å². The highest BCUT2D eigenvalue weighted by Crippen LogP contribution is 2.42. The van der Waals surface area contributed by atoms with Crippen LogP contribution in [0.4, 0.5) is 10.7 Å². The summed E-state index contributed by atoms with van der Waals surface area (Å²) in [5, 5.41) is 15.7. The third-order valence-corrected chi connectivity index (χ3v) is 4.44. The molecule has 19 heavy (non-hydrogen) atoms. The second-order valence-electron chi connectivity index (χ2n) is 4.78. The van der Waals surface area contributed by atoms with Crippen molar-refractivity contribution in [2.24, 2.45) is 5.92 Å². The molecule has 102 valence electrons. The van der Waals surface area contributed by atoms with Crippen LogP contribution in [-0.4, -0.2) is 19.0 Å². The van der Waals surface area contributed by atoms with Crippen molar-refractivity contribution in [2.75, 3.05) is 18.1 Å². The maximum absolute atomic E-state index is 11.9. The number of nitrogens with zero attached hydrogens (tertiary/aromatic N) is 1. The third-order valence-electron chi connectivity index (χ3n) is 3.40. The average molecular weight is 278 g/mol. The number of nitriles is 1. The number of hydrogen-bond acceptors (Lipinski definition) is 5. The molecule has 1 amide bonds. The Labute approximate surface area is 116 Å². The maximum Gasteiger partial charge on any atom is 0.256 e. The van der Waals surface area contributed by atoms with Gasteiger partial charge in [-0.15, -0.1) is 11.3 Å². The first kappa shape index (κ1) is 13.7. The smallest absolute Gasteiger partial charge is 0.256 e. The van der Waals surface area contributed by atoms with Crippen LogP contribution in [0.25, 0.3) is 0 Å². The summed E-state index contributed by atoms with van der Waals surface area (Å²) in [6, 6.07) is 2.45. The van der Waals surface area contributed by atoms with E-state index in [1.165, 1.54) is 24.2 Å². The van der Waals surface area contributed by atoms with Gasteiger partial charge in [0.2, 0.25) is 0 Å². The Hall–Kier alpha value is -1.74. The zero-order chi connectivity index (χ0) is 14.0. The van der Waals surface area contributed by atoms with E-state index in [0.717, 1.165) is 11.4 Å². The molecule has 0 aliphatic heterocycles. The number of rotatable bonds is 5. The molecule has 1 saturated carbocycles. The molecule has 4 N–H and O–H groups in total. The molecular weight excluding hydrogens is 260 g/mol. The van der Waals surface area contributed by atoms with Gasteiger partial charge in [-0.3, -0.25) is 4.79 Å². The number of carbonyl (C=O) groups excluding carboxylic acids is 1. The van der Waals surface area contributed by atoms with Gasteiger partial charge >= 0.3 is 0 Å². The van der Waals surface area contributed by atoms with Crippen molar-refractivity contribution in [1.29, 1.82) is 5.26 Å². The fraction of sp³-hybridized carbons (Fsp3) is 0.538. The number of hydrogen-bond donors (Lipinski definition) is 3. The summed E-state index contributed by atoms with van der Waals surface area (Å²) in [7, 11) is 1.56. The first-order valence-electron chi connectivity index (χ1n) is 6.43. The minimum absolute atomic E-state index is 0.245. The molecular formula is C13H18N4OS. The van der Waals surface area contributed by atoms with Crippen molar-refractivity contribution in [3.05, 3.63) is 10.4 Å². The van der Waals surface area contributed by atoms with E-state index >= 15 is 0 Å². The minimum atomic E-state index is -0.245. The summed E-state index contributed by atoms with van der Waals surface area (Å²) in [5.74, 6) is 0.432. The number of thiophene rings is 1. The first-order chi connectivity index (χ1) is 9.12. The highest BCUT2D eigenvalue weighted by Gasteiger charge is 2.37. The summed E-state index contributed by atoms with van der Waals surface area (Å²) in [4.78, 5) is 12.3. The topological polar surface area (TPSA) is 90.9 Å². The van der Waals surface area contributed by atoms with Crippen LogP contribution in [-0.2, 0) is 0 Å². The zero-order valence-electron chi connectivity index (χ0n) is 11.1. The number of nitrogens with two attached hydrogens (primary N) is 1. The van der Waals surface area contributed by atoms with Gasteiger partial charge in [0.15, 0.2) is 0 Å². The number of amides is 1. The largest absolute Gasteiger partial charge is 0.396 e. The summed E-state index contributed by atoms with van der Waals surface area (Å²) < 4.78 is 0. The van der Waals surface area contributed by atoms with Gasteiger partial charge in [0.25, 0.3) is 5.91 Å². The highest BCUT2D eigenvalue weighted by molar-refractivity contribution is 7.17. The molecule has 0 saturated heterocycles. The van der Waals surface area contributed by atoms with Gasteiger partial charge in [-0.1, -0.05) is 13.3 Å². The lowest BCUT2D eigenvalue weighted by molar-refractivity contribution is 0.0965. The Morgan fingerprint density at radius 2 is 2.37 bits per heavy atom. The van der Waals surface area contributed by atoms with Gasteiger partial charge < -0.3 is 16.4 Å². The second kappa shape index (κ2) is 5.49. The third kappa shape index (κ3) is 2.66. The molecule has 2 unspecified atom stereocenters. The van der Waals surface area contributed by atoms with Crippen molar-refractivity contribution in [2.45, 2.75) is 32.2 Å². The molecule has 1 aromatic rings. The van der Waals surface area contributed by atoms with Gasteiger partial charge in [0.1, 0.15) is 15.9 Å². The molecule has 1 aliphatic carbocycles. The van der Waals surface area contributed by atoms with E-state index in [2.05, 4.69) is 17.6 Å². The molecule has 5 nitrogen and oxygen atoms in total. The van der Waals surface area contributed by atoms with E-state index in [1.54, 1.807) is 7.05 Å². The highest BCUT2D eigenvalue weighted by atomic mass is 32.1. The minimum Gasteiger partial charge on any atom is -0.396 e. The zero-order valence-corrected chi connectivity index (χ0v) is 11.9. The van der Waals surface area contributed by atoms with Crippen LogP contribution in [0.2, 0.25) is 0 Å². The Kier molecular flexibility index (Phi) is 3.96. The van der Waals surface area contributed by atoms with E-state index < -0.39 is 0 Å². The Bertz CT molecular complexity index is 531. The number of nitrogens with one attached hydrogen (secondary N) is 2. The predicted octanol–water partition coefficient (Wildman–Crippen LogP) is 2.16. The molecule has 2 atom stereocenters. The molecule has 1 heterocycles. The van der Waals surface area contributed by atoms with Crippen LogP contribution in [0.15, 0.2) is 0 Å². The Morgan fingerprint density at radius 3 is 2.95 bits per heavy atom. The molecule has 1 aliphatic rings. The van der Waals surface area contributed by atoms with Crippen LogP contribution >= 0.6 is 11.3 Å². The van der Waals surface area contributed by atoms with E-state index in [4.69, 9.17) is 11.0 Å². The maximum atomic E-state index is 11.9. The second-order valence-corrected chi connectivity index (χ2v) is 5.80. The monoisotopic (exact) mass is 278 g/mol. The van der Waals surface area contributed by atoms with Gasteiger partial charge in [-0.05, 0) is 18.8 Å². The lowest BCUT2D eigenvalue weighted by Crippen LogP contribution is -2.20. The Morgan fingerprint density at radius 1 is 1.63 bits per heavy atom. The van der Waals surface area contributed by atoms with Crippen molar-refractivity contribution in [3.8, 4) is 6.07 Å². The fourth-order valence-corrected chi connectivity index (χ4v) is 3.24. The molecule has 0 bridgehead atoms. The van der Waals surface area contributed by atoms with Crippen LogP contribution in [0.1, 0.15) is 41.4 Å². The first-order valence-corrected chi connectivity index (χ1v) is 7.25. The van der Waals surface area contributed by atoms with Crippen molar-refractivity contribution < 1.29 is 4.79 Å². The van der Waals surface area contributed by atoms with E-state index in [-0.39, 0.29) is 11.6 Å². The molecule has 1 aromatic heterocycles. The number of carbonyl (C=O) groups is 1. The van der Waals surface area contributed by atoms with E-state index in [1.807, 2.05) is 6.07 Å². The molecule has 0 aromatic carbocycles. The number of anilines is 2. The molecule has 2 rings (SSSR count). The molecule has 6 heteroatoms. The summed E-state index contributed by atoms with van der Waals surface area (Å²) >= 11 is 1.26. The lowest BCUT2D eigenvalue weighted by atomic mass is 10.2. The summed E-state index contributed by atoms with van der Waals surface area (Å²) in [5.41, 5.74) is 6.56. The van der Waals surface area contributed by atoms with Crippen molar-refractivity contribution in [3.63, 3.8) is 0 Å². The summed E-state index contributed by atoms with van der Waals surface area (Å²) in [6.07, 6.45) is 3.49. The van der Waals surface area contributed by atoms with Gasteiger partial charge in [0, 0.05) is 13.1 Å². The molecule has 1 fully saturated rings. The molecule has 0 radical (unpaired) electrons. The van der Waals surface area contributed by atoms with Crippen LogP contribution in [0, 0.1) is 17.2 Å². The summed E-state index contributed by atoms with van der Waals surface area (Å²) in [6.45, 7) is 2.17. The normalized spacial score (nSPS) is 20.7. The number of nitrogen functional groups attached to an aromatic ring is 1. The fourth-order valence-electron chi connectivity index (χ4n) is 2.26. The van der Waals surface area contributed by atoms with Crippen molar-refractivity contribution >= 4 is 27.9 Å². The van der Waals surface area contributed by atoms with Crippen LogP contribution in [0.3, 0.4) is 0 Å². The van der Waals surface area contributed by atoms with Crippen LogP contribution < -0.4 is 16.4 Å². The van der Waals surface area contributed by atoms with Gasteiger partial charge in [0.05, 0.1) is 11.3 Å². The van der Waals surface area contributed by atoms with Crippen LogP contribution in [0.5, 0.6) is 0 Å².